The molecule has 20 heavy (non-hydrogen) atoms. The summed E-state index contributed by atoms with van der Waals surface area (Å²) in [5.41, 5.74) is 0. The molecule has 0 heterocycles. The third-order valence-corrected chi connectivity index (χ3v) is 3.97. The highest BCUT2D eigenvalue weighted by Gasteiger charge is 1.93. The van der Waals surface area contributed by atoms with Crippen molar-refractivity contribution in [1.29, 1.82) is 0 Å². The number of hydrogen-bond acceptors (Lipinski definition) is 0. The normalized spacial score (nSPS) is 11.2. The van der Waals surface area contributed by atoms with E-state index in [2.05, 4.69) is 13.0 Å². The molecule has 0 atom stereocenters. The van der Waals surface area contributed by atoms with Crippen molar-refractivity contribution in [2.75, 3.05) is 0 Å². The molecule has 0 aromatic rings. The molecular formula is C20H37. The van der Waals surface area contributed by atoms with Gasteiger partial charge in [-0.3, -0.25) is 0 Å². The first-order valence-corrected chi connectivity index (χ1v) is 9.12. The van der Waals surface area contributed by atoms with Crippen LogP contribution in [0.1, 0.15) is 103 Å². The van der Waals surface area contributed by atoms with Crippen molar-refractivity contribution in [3.63, 3.8) is 0 Å². The van der Waals surface area contributed by atoms with Gasteiger partial charge in [0.1, 0.15) is 0 Å². The van der Waals surface area contributed by atoms with E-state index in [4.69, 9.17) is 6.58 Å². The minimum Gasteiger partial charge on any atom is -0.0845 e. The maximum Gasteiger partial charge on any atom is -0.0348 e. The van der Waals surface area contributed by atoms with Gasteiger partial charge >= 0.3 is 0 Å². The second-order valence-electron chi connectivity index (χ2n) is 6.01. The lowest BCUT2D eigenvalue weighted by Gasteiger charge is -2.02. The maximum absolute atomic E-state index is 5.28. The van der Waals surface area contributed by atoms with E-state index in [0.717, 1.165) is 0 Å². The van der Waals surface area contributed by atoms with Crippen molar-refractivity contribution in [1.82, 2.24) is 0 Å². The van der Waals surface area contributed by atoms with Crippen LogP contribution in [0.25, 0.3) is 0 Å². The zero-order chi connectivity index (χ0) is 14.7. The zero-order valence-corrected chi connectivity index (χ0v) is 13.9. The lowest BCUT2D eigenvalue weighted by Crippen LogP contribution is -1.83. The highest BCUT2D eigenvalue weighted by Crippen LogP contribution is 2.13. The second-order valence-corrected chi connectivity index (χ2v) is 6.01. The molecule has 0 heteroatoms. The van der Waals surface area contributed by atoms with E-state index >= 15 is 0 Å². The maximum atomic E-state index is 5.28. The smallest absolute Gasteiger partial charge is 0.0348 e. The largest absolute Gasteiger partial charge is 0.0845 e. The Morgan fingerprint density at radius 1 is 0.600 bits per heavy atom. The molecule has 0 N–H and O–H groups in total. The molecule has 0 rings (SSSR count). The summed E-state index contributed by atoms with van der Waals surface area (Å²) in [5, 5.41) is 0. The van der Waals surface area contributed by atoms with Crippen LogP contribution in [0.4, 0.5) is 0 Å². The van der Waals surface area contributed by atoms with E-state index < -0.39 is 0 Å². The minimum absolute atomic E-state index is 1.19. The van der Waals surface area contributed by atoms with Crippen molar-refractivity contribution < 1.29 is 0 Å². The zero-order valence-electron chi connectivity index (χ0n) is 13.9. The Morgan fingerprint density at radius 2 is 1.00 bits per heavy atom. The summed E-state index contributed by atoms with van der Waals surface area (Å²) in [6, 6.07) is 0. The van der Waals surface area contributed by atoms with Crippen LogP contribution in [0.3, 0.4) is 0 Å². The van der Waals surface area contributed by atoms with Crippen molar-refractivity contribution >= 4 is 0 Å². The molecule has 0 nitrogen and oxygen atoms in total. The lowest BCUT2D eigenvalue weighted by molar-refractivity contribution is 0.536. The molecule has 0 aromatic carbocycles. The van der Waals surface area contributed by atoms with Crippen LogP contribution >= 0.6 is 0 Å². The Hall–Kier alpha value is -0.520. The molecule has 0 spiro atoms. The summed E-state index contributed by atoms with van der Waals surface area (Å²) in [6.45, 7) is 7.56. The van der Waals surface area contributed by atoms with Crippen molar-refractivity contribution in [2.45, 2.75) is 103 Å². The topological polar surface area (TPSA) is 0 Å². The quantitative estimate of drug-likeness (QED) is 0.203. The molecule has 0 saturated heterocycles. The van der Waals surface area contributed by atoms with Crippen LogP contribution in [-0.4, -0.2) is 0 Å². The average Bonchev–Trinajstić information content (AvgIpc) is 2.47. The van der Waals surface area contributed by atoms with Crippen LogP contribution in [0.15, 0.2) is 18.2 Å². The number of unbranched alkanes of at least 4 members (excludes halogenated alkanes) is 14. The summed E-state index contributed by atoms with van der Waals surface area (Å²) in [5.74, 6) is 0. The van der Waals surface area contributed by atoms with E-state index in [-0.39, 0.29) is 0 Å². The van der Waals surface area contributed by atoms with Crippen LogP contribution in [0.2, 0.25) is 0 Å². The Kier molecular flexibility index (Phi) is 18.0. The monoisotopic (exact) mass is 277 g/mol. The summed E-state index contributed by atoms with van der Waals surface area (Å²) in [4.78, 5) is 0. The fraction of sp³-hybridized carbons (Fsp3) is 0.800. The third kappa shape index (κ3) is 17.5. The first-order chi connectivity index (χ1) is 9.91. The minimum atomic E-state index is 1.19. The van der Waals surface area contributed by atoms with Crippen molar-refractivity contribution in [2.24, 2.45) is 0 Å². The summed E-state index contributed by atoms with van der Waals surface area (Å²) >= 11 is 0. The molecule has 117 valence electrons. The number of hydrogen-bond donors (Lipinski definition) is 0. The highest BCUT2D eigenvalue weighted by atomic mass is 14.0. The van der Waals surface area contributed by atoms with E-state index in [1.54, 1.807) is 6.08 Å². The van der Waals surface area contributed by atoms with Gasteiger partial charge in [0.25, 0.3) is 0 Å². The molecule has 0 aliphatic carbocycles. The summed E-state index contributed by atoms with van der Waals surface area (Å²) in [6.07, 6.45) is 26.9. The van der Waals surface area contributed by atoms with E-state index in [1.807, 2.05) is 6.08 Å². The van der Waals surface area contributed by atoms with Crippen LogP contribution < -0.4 is 0 Å². The summed E-state index contributed by atoms with van der Waals surface area (Å²) < 4.78 is 0. The molecule has 0 fully saturated rings. The molecule has 0 amide bonds. The standard InChI is InChI=1S/C20H37/c1-3-5-7-9-11-13-15-17-19-20-18-16-14-12-10-8-6-4-2/h1,3,5,7H,4,6,8-20H2,2H3/b3-1?,7-5+. The van der Waals surface area contributed by atoms with E-state index in [1.165, 1.54) is 96.3 Å². The van der Waals surface area contributed by atoms with E-state index in [9.17, 15) is 0 Å². The van der Waals surface area contributed by atoms with Crippen molar-refractivity contribution in [3.8, 4) is 0 Å². The number of allylic oxidation sites excluding steroid dienone is 3. The fourth-order valence-electron chi connectivity index (χ4n) is 2.63. The first kappa shape index (κ1) is 19.5. The van der Waals surface area contributed by atoms with Crippen molar-refractivity contribution in [3.05, 3.63) is 24.8 Å². The molecular weight excluding hydrogens is 240 g/mol. The van der Waals surface area contributed by atoms with Gasteiger partial charge < -0.3 is 0 Å². The fourth-order valence-corrected chi connectivity index (χ4v) is 2.63. The van der Waals surface area contributed by atoms with Gasteiger partial charge in [-0.15, -0.1) is 0 Å². The van der Waals surface area contributed by atoms with Crippen LogP contribution in [-0.2, 0) is 0 Å². The van der Waals surface area contributed by atoms with Crippen LogP contribution in [0, 0.1) is 6.58 Å². The van der Waals surface area contributed by atoms with Gasteiger partial charge in [0.05, 0.1) is 0 Å². The lowest BCUT2D eigenvalue weighted by atomic mass is 10.0. The van der Waals surface area contributed by atoms with Gasteiger partial charge in [0, 0.05) is 0 Å². The van der Waals surface area contributed by atoms with Gasteiger partial charge in [0.15, 0.2) is 0 Å². The van der Waals surface area contributed by atoms with Gasteiger partial charge in [-0.05, 0) is 12.8 Å². The Balaban J connectivity index is 2.95. The average molecular weight is 278 g/mol. The van der Waals surface area contributed by atoms with Crippen LogP contribution in [0.5, 0.6) is 0 Å². The predicted molar refractivity (Wildman–Crippen MR) is 92.9 cm³/mol. The molecule has 0 saturated carbocycles. The Bertz CT molecular complexity index is 202. The van der Waals surface area contributed by atoms with E-state index in [0.29, 0.717) is 0 Å². The predicted octanol–water partition coefficient (Wildman–Crippen LogP) is 7.40. The number of rotatable bonds is 16. The summed E-state index contributed by atoms with van der Waals surface area (Å²) in [7, 11) is 0. The third-order valence-electron chi connectivity index (χ3n) is 3.97. The molecule has 1 radical (unpaired) electrons. The molecule has 0 aliphatic heterocycles. The molecule has 0 aliphatic rings. The second kappa shape index (κ2) is 18.5. The SMILES string of the molecule is [CH]=C/C=C/CCCCCCCCCCCCCCCC. The van der Waals surface area contributed by atoms with Gasteiger partial charge in [-0.1, -0.05) is 115 Å². The highest BCUT2D eigenvalue weighted by molar-refractivity contribution is 4.95. The van der Waals surface area contributed by atoms with Gasteiger partial charge in [-0.25, -0.2) is 0 Å². The van der Waals surface area contributed by atoms with Gasteiger partial charge in [0.2, 0.25) is 0 Å². The molecule has 0 aromatic heterocycles. The Labute approximate surface area is 128 Å². The first-order valence-electron chi connectivity index (χ1n) is 9.12. The Morgan fingerprint density at radius 3 is 1.40 bits per heavy atom. The van der Waals surface area contributed by atoms with Gasteiger partial charge in [-0.2, -0.15) is 0 Å². The molecule has 0 unspecified atom stereocenters. The molecule has 0 bridgehead atoms.